The van der Waals surface area contributed by atoms with Gasteiger partial charge in [0.1, 0.15) is 7.85 Å². The molecule has 3 atom stereocenters. The SMILES string of the molecule is BC1(C)CCC2C(C1)N=C(C)N2C. The molecule has 0 aromatic carbocycles. The van der Waals surface area contributed by atoms with Crippen LogP contribution in [0.25, 0.3) is 0 Å². The monoisotopic (exact) mass is 178 g/mol. The lowest BCUT2D eigenvalue weighted by molar-refractivity contribution is 0.242. The Morgan fingerprint density at radius 3 is 3.00 bits per heavy atom. The minimum atomic E-state index is 0.510. The Morgan fingerprint density at radius 2 is 2.31 bits per heavy atom. The molecule has 1 aliphatic carbocycles. The Kier molecular flexibility index (Phi) is 1.93. The van der Waals surface area contributed by atoms with Crippen LogP contribution in [-0.2, 0) is 0 Å². The fourth-order valence-electron chi connectivity index (χ4n) is 2.69. The van der Waals surface area contributed by atoms with E-state index in [1.165, 1.54) is 25.1 Å². The van der Waals surface area contributed by atoms with Gasteiger partial charge in [-0.3, -0.25) is 4.99 Å². The number of likely N-dealkylation sites (N-methyl/N-ethyl adjacent to an activating group) is 1. The first kappa shape index (κ1) is 9.10. The van der Waals surface area contributed by atoms with E-state index in [-0.39, 0.29) is 0 Å². The summed E-state index contributed by atoms with van der Waals surface area (Å²) in [5.41, 5.74) is 0. The van der Waals surface area contributed by atoms with Crippen molar-refractivity contribution in [3.8, 4) is 0 Å². The Hall–Kier alpha value is -0.465. The van der Waals surface area contributed by atoms with Gasteiger partial charge in [-0.15, -0.1) is 0 Å². The number of amidine groups is 1. The molecular weight excluding hydrogens is 159 g/mol. The van der Waals surface area contributed by atoms with Crippen molar-refractivity contribution in [1.82, 2.24) is 4.90 Å². The van der Waals surface area contributed by atoms with Crippen molar-refractivity contribution in [2.45, 2.75) is 50.5 Å². The van der Waals surface area contributed by atoms with E-state index >= 15 is 0 Å². The molecule has 3 unspecified atom stereocenters. The number of fused-ring (bicyclic) bond motifs is 1. The summed E-state index contributed by atoms with van der Waals surface area (Å²) >= 11 is 0. The summed E-state index contributed by atoms with van der Waals surface area (Å²) in [5, 5.41) is 0.510. The van der Waals surface area contributed by atoms with Crippen LogP contribution < -0.4 is 0 Å². The van der Waals surface area contributed by atoms with Gasteiger partial charge in [0, 0.05) is 7.05 Å². The van der Waals surface area contributed by atoms with Crippen molar-refractivity contribution in [3.05, 3.63) is 0 Å². The van der Waals surface area contributed by atoms with Crippen LogP contribution >= 0.6 is 0 Å². The minimum absolute atomic E-state index is 0.510. The maximum absolute atomic E-state index is 4.73. The highest BCUT2D eigenvalue weighted by atomic mass is 15.3. The summed E-state index contributed by atoms with van der Waals surface area (Å²) in [7, 11) is 4.55. The van der Waals surface area contributed by atoms with Crippen LogP contribution in [0.1, 0.15) is 33.1 Å². The summed E-state index contributed by atoms with van der Waals surface area (Å²) < 4.78 is 0. The largest absolute Gasteiger partial charge is 0.359 e. The molecule has 0 bridgehead atoms. The second kappa shape index (κ2) is 2.76. The molecule has 0 aromatic heterocycles. The quantitative estimate of drug-likeness (QED) is 0.507. The molecule has 13 heavy (non-hydrogen) atoms. The number of hydrogen-bond donors (Lipinski definition) is 0. The summed E-state index contributed by atoms with van der Waals surface area (Å²) in [6, 6.07) is 1.28. The third kappa shape index (κ3) is 1.49. The molecule has 0 amide bonds. The number of hydrogen-bond acceptors (Lipinski definition) is 2. The third-order valence-corrected chi connectivity index (χ3v) is 3.68. The van der Waals surface area contributed by atoms with E-state index in [2.05, 4.69) is 33.6 Å². The van der Waals surface area contributed by atoms with Crippen LogP contribution in [-0.4, -0.2) is 37.7 Å². The molecule has 1 fully saturated rings. The first-order valence-corrected chi connectivity index (χ1v) is 5.27. The lowest BCUT2D eigenvalue weighted by Crippen LogP contribution is -2.41. The lowest BCUT2D eigenvalue weighted by atomic mass is 9.59. The second-order valence-electron chi connectivity index (χ2n) is 5.33. The molecular formula is C10H19BN2. The van der Waals surface area contributed by atoms with Crippen LogP contribution in [0.2, 0.25) is 5.31 Å². The third-order valence-electron chi connectivity index (χ3n) is 3.68. The first-order valence-electron chi connectivity index (χ1n) is 5.27. The van der Waals surface area contributed by atoms with Crippen molar-refractivity contribution < 1.29 is 0 Å². The van der Waals surface area contributed by atoms with Crippen molar-refractivity contribution in [2.75, 3.05) is 7.05 Å². The number of aliphatic imine (C=N–C) groups is 1. The van der Waals surface area contributed by atoms with Crippen molar-refractivity contribution >= 4 is 13.7 Å². The normalized spacial score (nSPS) is 44.5. The first-order chi connectivity index (χ1) is 5.99. The van der Waals surface area contributed by atoms with Gasteiger partial charge in [-0.25, -0.2) is 0 Å². The molecule has 0 spiro atoms. The zero-order valence-electron chi connectivity index (χ0n) is 9.17. The molecule has 0 radical (unpaired) electrons. The van der Waals surface area contributed by atoms with E-state index in [1.54, 1.807) is 0 Å². The van der Waals surface area contributed by atoms with Gasteiger partial charge in [-0.2, -0.15) is 0 Å². The molecule has 1 saturated carbocycles. The van der Waals surface area contributed by atoms with E-state index in [1.807, 2.05) is 0 Å². The molecule has 1 heterocycles. The maximum Gasteiger partial charge on any atom is 0.109 e. The highest BCUT2D eigenvalue weighted by Gasteiger charge is 2.40. The number of rotatable bonds is 0. The van der Waals surface area contributed by atoms with Gasteiger partial charge in [0.05, 0.1) is 17.9 Å². The Labute approximate surface area is 81.8 Å². The molecule has 2 rings (SSSR count). The summed E-state index contributed by atoms with van der Waals surface area (Å²) in [5.74, 6) is 1.23. The van der Waals surface area contributed by atoms with Crippen LogP contribution in [0.4, 0.5) is 0 Å². The Bertz CT molecular complexity index is 247. The average molecular weight is 178 g/mol. The lowest BCUT2D eigenvalue weighted by Gasteiger charge is -2.38. The van der Waals surface area contributed by atoms with E-state index in [4.69, 9.17) is 4.99 Å². The summed E-state index contributed by atoms with van der Waals surface area (Å²) in [6.45, 7) is 4.50. The topological polar surface area (TPSA) is 15.6 Å². The highest BCUT2D eigenvalue weighted by molar-refractivity contribution is 6.15. The van der Waals surface area contributed by atoms with Gasteiger partial charge < -0.3 is 4.90 Å². The predicted octanol–water partition coefficient (Wildman–Crippen LogP) is 1.08. The summed E-state index contributed by atoms with van der Waals surface area (Å²) in [4.78, 5) is 7.09. The molecule has 2 aliphatic rings. The minimum Gasteiger partial charge on any atom is -0.359 e. The zero-order valence-corrected chi connectivity index (χ0v) is 9.17. The summed E-state index contributed by atoms with van der Waals surface area (Å²) in [6.07, 6.45) is 3.93. The average Bonchev–Trinajstić information content (AvgIpc) is 2.25. The standard InChI is InChI=1S/C10H19BN2/c1-7-12-8-6-10(2,11)5-4-9(8)13(7)3/h8-9H,4-6,11H2,1-3H3. The fraction of sp³-hybridized carbons (Fsp3) is 0.900. The molecule has 2 nitrogen and oxygen atoms in total. The molecule has 0 aromatic rings. The van der Waals surface area contributed by atoms with Gasteiger partial charge in [-0.05, 0) is 19.8 Å². The highest BCUT2D eigenvalue weighted by Crippen LogP contribution is 2.43. The molecule has 0 N–H and O–H groups in total. The maximum atomic E-state index is 4.73. The van der Waals surface area contributed by atoms with Crippen LogP contribution in [0.5, 0.6) is 0 Å². The van der Waals surface area contributed by atoms with Gasteiger partial charge >= 0.3 is 0 Å². The van der Waals surface area contributed by atoms with Crippen LogP contribution in [0.3, 0.4) is 0 Å². The van der Waals surface area contributed by atoms with Crippen LogP contribution in [0.15, 0.2) is 4.99 Å². The predicted molar refractivity (Wildman–Crippen MR) is 59.2 cm³/mol. The van der Waals surface area contributed by atoms with Crippen molar-refractivity contribution in [2.24, 2.45) is 4.99 Å². The Balaban J connectivity index is 2.14. The van der Waals surface area contributed by atoms with E-state index in [0.29, 0.717) is 17.4 Å². The van der Waals surface area contributed by atoms with E-state index < -0.39 is 0 Å². The van der Waals surface area contributed by atoms with E-state index in [0.717, 1.165) is 0 Å². The van der Waals surface area contributed by atoms with Gasteiger partial charge in [-0.1, -0.05) is 18.7 Å². The molecule has 1 aliphatic heterocycles. The van der Waals surface area contributed by atoms with Crippen LogP contribution in [0, 0.1) is 0 Å². The molecule has 3 heteroatoms. The molecule has 0 saturated heterocycles. The van der Waals surface area contributed by atoms with Gasteiger partial charge in [0.2, 0.25) is 0 Å². The van der Waals surface area contributed by atoms with Crippen molar-refractivity contribution in [1.29, 1.82) is 0 Å². The second-order valence-corrected chi connectivity index (χ2v) is 5.33. The van der Waals surface area contributed by atoms with Gasteiger partial charge in [0.25, 0.3) is 0 Å². The van der Waals surface area contributed by atoms with Crippen molar-refractivity contribution in [3.63, 3.8) is 0 Å². The molecule has 72 valence electrons. The fourth-order valence-corrected chi connectivity index (χ4v) is 2.69. The van der Waals surface area contributed by atoms with Gasteiger partial charge in [0.15, 0.2) is 0 Å². The smallest absolute Gasteiger partial charge is 0.109 e. The number of nitrogens with zero attached hydrogens (tertiary/aromatic N) is 2. The zero-order chi connectivity index (χ0) is 9.64. The van der Waals surface area contributed by atoms with E-state index in [9.17, 15) is 0 Å². The Morgan fingerprint density at radius 1 is 1.62 bits per heavy atom.